The normalized spacial score (nSPS) is 26.6. The number of nitrogens with two attached hydrogens (primary N) is 1. The number of nitrogens with zero attached hydrogens (tertiary/aromatic N) is 2. The van der Waals surface area contributed by atoms with Gasteiger partial charge in [-0.2, -0.15) is 0 Å². The van der Waals surface area contributed by atoms with Crippen LogP contribution < -0.4 is 16.1 Å². The highest BCUT2D eigenvalue weighted by Crippen LogP contribution is 2.42. The first-order chi connectivity index (χ1) is 14.4. The standard InChI is InChI=1S/C22H25F2N3O3/c23-16-8-13-19(27(12-4-5-12)10-15(21(13)28)22(29)30)18(24)20(16)26-7-6-11-2-1-3-17(25)14(11)9-26/h8,10-12,14,17H,1-7,9,25H2,(H,29,30)/t11-,14+,17-/m1/s1. The van der Waals surface area contributed by atoms with Crippen molar-refractivity contribution in [1.29, 1.82) is 0 Å². The van der Waals surface area contributed by atoms with E-state index in [1.54, 1.807) is 4.90 Å². The number of anilines is 1. The summed E-state index contributed by atoms with van der Waals surface area (Å²) in [5.74, 6) is -2.32. The van der Waals surface area contributed by atoms with Crippen LogP contribution in [0.25, 0.3) is 10.9 Å². The van der Waals surface area contributed by atoms with Crippen molar-refractivity contribution in [3.05, 3.63) is 39.7 Å². The highest BCUT2D eigenvalue weighted by molar-refractivity contribution is 5.94. The molecule has 0 radical (unpaired) electrons. The summed E-state index contributed by atoms with van der Waals surface area (Å²) in [5.41, 5.74) is 4.87. The van der Waals surface area contributed by atoms with Crippen LogP contribution in [0.2, 0.25) is 0 Å². The Morgan fingerprint density at radius 2 is 1.93 bits per heavy atom. The van der Waals surface area contributed by atoms with Crippen molar-refractivity contribution in [2.24, 2.45) is 17.6 Å². The van der Waals surface area contributed by atoms with Gasteiger partial charge in [0.25, 0.3) is 0 Å². The number of hydrogen-bond donors (Lipinski definition) is 2. The second-order valence-electron chi connectivity index (χ2n) is 8.99. The molecule has 160 valence electrons. The minimum absolute atomic E-state index is 0.000957. The second-order valence-corrected chi connectivity index (χ2v) is 8.99. The van der Waals surface area contributed by atoms with Gasteiger partial charge in [-0.15, -0.1) is 0 Å². The maximum atomic E-state index is 15.8. The van der Waals surface area contributed by atoms with Crippen molar-refractivity contribution in [1.82, 2.24) is 4.57 Å². The van der Waals surface area contributed by atoms with E-state index in [0.29, 0.717) is 19.0 Å². The lowest BCUT2D eigenvalue weighted by molar-refractivity contribution is 0.0694. The molecule has 2 aliphatic carbocycles. The Kier molecular flexibility index (Phi) is 4.57. The number of carboxylic acids is 1. The lowest BCUT2D eigenvalue weighted by atomic mass is 9.72. The predicted octanol–water partition coefficient (Wildman–Crippen LogP) is 3.27. The molecule has 0 unspecified atom stereocenters. The molecule has 8 heteroatoms. The molecule has 0 bridgehead atoms. The van der Waals surface area contributed by atoms with Crippen LogP contribution in [-0.2, 0) is 0 Å². The molecule has 1 saturated heterocycles. The van der Waals surface area contributed by atoms with Gasteiger partial charge in [0.05, 0.1) is 10.9 Å². The van der Waals surface area contributed by atoms with Crippen LogP contribution >= 0.6 is 0 Å². The Morgan fingerprint density at radius 1 is 1.17 bits per heavy atom. The van der Waals surface area contributed by atoms with Gasteiger partial charge in [-0.05, 0) is 50.0 Å². The third kappa shape index (κ3) is 3.00. The number of carboxylic acid groups (broad SMARTS) is 1. The zero-order chi connectivity index (χ0) is 21.2. The van der Waals surface area contributed by atoms with E-state index in [9.17, 15) is 14.7 Å². The number of aromatic nitrogens is 1. The van der Waals surface area contributed by atoms with E-state index in [4.69, 9.17) is 5.73 Å². The first-order valence-electron chi connectivity index (χ1n) is 10.7. The average Bonchev–Trinajstić information content (AvgIpc) is 3.54. The van der Waals surface area contributed by atoms with Gasteiger partial charge in [0.1, 0.15) is 17.1 Å². The Labute approximate surface area is 172 Å². The quantitative estimate of drug-likeness (QED) is 0.800. The number of hydrogen-bond acceptors (Lipinski definition) is 4. The highest BCUT2D eigenvalue weighted by atomic mass is 19.1. The molecule has 3 N–H and O–H groups in total. The summed E-state index contributed by atoms with van der Waals surface area (Å²) < 4.78 is 32.4. The molecular formula is C22H25F2N3O3. The first kappa shape index (κ1) is 19.5. The van der Waals surface area contributed by atoms with E-state index >= 15 is 8.78 Å². The fourth-order valence-corrected chi connectivity index (χ4v) is 5.42. The Balaban J connectivity index is 1.65. The number of benzene rings is 1. The minimum atomic E-state index is -1.39. The predicted molar refractivity (Wildman–Crippen MR) is 109 cm³/mol. The number of fused-ring (bicyclic) bond motifs is 2. The molecule has 5 rings (SSSR count). The van der Waals surface area contributed by atoms with E-state index in [0.717, 1.165) is 44.6 Å². The molecule has 3 aliphatic rings. The van der Waals surface area contributed by atoms with Crippen molar-refractivity contribution in [3.63, 3.8) is 0 Å². The third-order valence-electron chi connectivity index (χ3n) is 7.14. The fourth-order valence-electron chi connectivity index (χ4n) is 5.42. The third-order valence-corrected chi connectivity index (χ3v) is 7.14. The minimum Gasteiger partial charge on any atom is -0.477 e. The summed E-state index contributed by atoms with van der Waals surface area (Å²) in [7, 11) is 0. The summed E-state index contributed by atoms with van der Waals surface area (Å²) in [6.07, 6.45) is 6.71. The monoisotopic (exact) mass is 417 g/mol. The summed E-state index contributed by atoms with van der Waals surface area (Å²) in [5, 5.41) is 9.14. The molecule has 30 heavy (non-hydrogen) atoms. The van der Waals surface area contributed by atoms with Crippen LogP contribution in [0.15, 0.2) is 17.1 Å². The van der Waals surface area contributed by atoms with E-state index in [2.05, 4.69) is 0 Å². The molecule has 0 amide bonds. The van der Waals surface area contributed by atoms with Crippen molar-refractivity contribution in [3.8, 4) is 0 Å². The van der Waals surface area contributed by atoms with Crippen molar-refractivity contribution < 1.29 is 18.7 Å². The van der Waals surface area contributed by atoms with Crippen LogP contribution in [0.1, 0.15) is 54.9 Å². The van der Waals surface area contributed by atoms with Gasteiger partial charge >= 0.3 is 5.97 Å². The van der Waals surface area contributed by atoms with Crippen LogP contribution in [-0.4, -0.2) is 34.8 Å². The zero-order valence-corrected chi connectivity index (χ0v) is 16.6. The number of pyridine rings is 1. The lowest BCUT2D eigenvalue weighted by Gasteiger charge is -2.45. The summed E-state index contributed by atoms with van der Waals surface area (Å²) in [6.45, 7) is 1.03. The Hall–Kier alpha value is -2.48. The smallest absolute Gasteiger partial charge is 0.341 e. The zero-order valence-electron chi connectivity index (χ0n) is 16.6. The molecule has 1 aliphatic heterocycles. The van der Waals surface area contributed by atoms with Gasteiger partial charge in [0.15, 0.2) is 5.82 Å². The summed E-state index contributed by atoms with van der Waals surface area (Å²) >= 11 is 0. The van der Waals surface area contributed by atoms with Crippen molar-refractivity contribution >= 4 is 22.6 Å². The number of halogens is 2. The second kappa shape index (κ2) is 7.04. The molecule has 2 saturated carbocycles. The highest BCUT2D eigenvalue weighted by Gasteiger charge is 2.38. The van der Waals surface area contributed by atoms with Crippen LogP contribution in [0.4, 0.5) is 14.5 Å². The molecule has 1 aromatic carbocycles. The van der Waals surface area contributed by atoms with Crippen molar-refractivity contribution in [2.75, 3.05) is 18.0 Å². The molecule has 2 heterocycles. The molecule has 0 spiro atoms. The molecule has 1 aromatic heterocycles. The largest absolute Gasteiger partial charge is 0.477 e. The summed E-state index contributed by atoms with van der Waals surface area (Å²) in [4.78, 5) is 25.8. The Bertz CT molecular complexity index is 1100. The number of carbonyl (C=O) groups is 1. The molecule has 2 aromatic rings. The van der Waals surface area contributed by atoms with Crippen molar-refractivity contribution in [2.45, 2.75) is 50.6 Å². The molecule has 3 fully saturated rings. The van der Waals surface area contributed by atoms with Gasteiger partial charge in [0, 0.05) is 31.4 Å². The fraction of sp³-hybridized carbons (Fsp3) is 0.545. The van der Waals surface area contributed by atoms with Crippen LogP contribution in [0.3, 0.4) is 0 Å². The van der Waals surface area contributed by atoms with Gasteiger partial charge in [0.2, 0.25) is 5.43 Å². The van der Waals surface area contributed by atoms with Gasteiger partial charge in [-0.25, -0.2) is 13.6 Å². The van der Waals surface area contributed by atoms with Gasteiger partial charge in [-0.3, -0.25) is 4.79 Å². The molecular weight excluding hydrogens is 392 g/mol. The van der Waals surface area contributed by atoms with E-state index in [1.165, 1.54) is 10.8 Å². The number of aromatic carboxylic acids is 1. The van der Waals surface area contributed by atoms with E-state index in [1.807, 2.05) is 0 Å². The Morgan fingerprint density at radius 3 is 2.63 bits per heavy atom. The maximum absolute atomic E-state index is 15.8. The lowest BCUT2D eigenvalue weighted by Crippen LogP contribution is -2.50. The molecule has 6 nitrogen and oxygen atoms in total. The van der Waals surface area contributed by atoms with Crippen LogP contribution in [0.5, 0.6) is 0 Å². The summed E-state index contributed by atoms with van der Waals surface area (Å²) in [6, 6.07) is 0.964. The average molecular weight is 417 g/mol. The number of rotatable bonds is 3. The number of piperidine rings is 1. The topological polar surface area (TPSA) is 88.6 Å². The van der Waals surface area contributed by atoms with Gasteiger partial charge in [-0.1, -0.05) is 6.42 Å². The SMILES string of the molecule is N[C@@H]1CCC[C@@H]2CCN(c3c(F)cc4c(=O)c(C(=O)O)cn(C5CC5)c4c3F)C[C@@H]21. The molecule has 3 atom stereocenters. The van der Waals surface area contributed by atoms with Gasteiger partial charge < -0.3 is 20.3 Å². The van der Waals surface area contributed by atoms with E-state index < -0.39 is 28.6 Å². The first-order valence-corrected chi connectivity index (χ1v) is 10.7. The maximum Gasteiger partial charge on any atom is 0.341 e. The van der Waals surface area contributed by atoms with E-state index in [-0.39, 0.29) is 34.6 Å². The van der Waals surface area contributed by atoms with Crippen LogP contribution in [0, 0.1) is 23.5 Å².